The third-order valence-corrected chi connectivity index (χ3v) is 3.00. The maximum absolute atomic E-state index is 12.2. The highest BCUT2D eigenvalue weighted by molar-refractivity contribution is 5.96. The Morgan fingerprint density at radius 3 is 2.59 bits per heavy atom. The molecule has 0 aliphatic rings. The van der Waals surface area contributed by atoms with Crippen LogP contribution in [0.3, 0.4) is 0 Å². The average molecular weight is 306 g/mol. The number of H-pyrrole nitrogens is 1. The summed E-state index contributed by atoms with van der Waals surface area (Å²) in [5, 5.41) is 11.5. The third-order valence-electron chi connectivity index (χ3n) is 3.00. The molecule has 1 heterocycles. The van der Waals surface area contributed by atoms with Crippen LogP contribution in [0.2, 0.25) is 0 Å². The molecule has 1 atom stereocenters. The van der Waals surface area contributed by atoms with Gasteiger partial charge in [0.05, 0.1) is 0 Å². The zero-order chi connectivity index (χ0) is 16.7. The Hall–Kier alpha value is -2.37. The molecule has 0 saturated carbocycles. The standard InChI is InChI=1S/C16H22N2O4/c1-4-5-6-13(16(21)22)18-15(20)11-8-12(7-10(2)3)17-14(19)9-11/h4-5,8-10,13H,6-7H2,1-3H3,(H,17,19)(H,18,20)(H,21,22)/b5-4+. The molecule has 22 heavy (non-hydrogen) atoms. The summed E-state index contributed by atoms with van der Waals surface area (Å²) in [5.41, 5.74) is 0.461. The number of hydrogen-bond donors (Lipinski definition) is 3. The molecule has 1 rings (SSSR count). The van der Waals surface area contributed by atoms with E-state index in [9.17, 15) is 14.4 Å². The highest BCUT2D eigenvalue weighted by Gasteiger charge is 2.19. The van der Waals surface area contributed by atoms with Crippen molar-refractivity contribution in [2.45, 2.75) is 39.7 Å². The molecular weight excluding hydrogens is 284 g/mol. The number of hydrogen-bond acceptors (Lipinski definition) is 3. The van der Waals surface area contributed by atoms with Gasteiger partial charge in [0, 0.05) is 17.3 Å². The molecule has 0 bridgehead atoms. The number of aromatic nitrogens is 1. The Kier molecular flexibility index (Phi) is 6.56. The summed E-state index contributed by atoms with van der Waals surface area (Å²) in [7, 11) is 0. The summed E-state index contributed by atoms with van der Waals surface area (Å²) in [6, 6.07) is 1.75. The lowest BCUT2D eigenvalue weighted by molar-refractivity contribution is -0.139. The first-order chi connectivity index (χ1) is 10.3. The molecule has 120 valence electrons. The monoisotopic (exact) mass is 306 g/mol. The third kappa shape index (κ3) is 5.55. The zero-order valence-corrected chi connectivity index (χ0v) is 13.1. The fourth-order valence-corrected chi connectivity index (χ4v) is 2.02. The van der Waals surface area contributed by atoms with Crippen molar-refractivity contribution in [2.75, 3.05) is 0 Å². The molecule has 0 radical (unpaired) electrons. The van der Waals surface area contributed by atoms with Crippen LogP contribution in [0.15, 0.2) is 29.1 Å². The lowest BCUT2D eigenvalue weighted by atomic mass is 10.1. The average Bonchev–Trinajstić information content (AvgIpc) is 2.41. The lowest BCUT2D eigenvalue weighted by Gasteiger charge is -2.13. The normalized spacial score (nSPS) is 12.5. The summed E-state index contributed by atoms with van der Waals surface area (Å²) < 4.78 is 0. The lowest BCUT2D eigenvalue weighted by Crippen LogP contribution is -2.40. The fourth-order valence-electron chi connectivity index (χ4n) is 2.02. The van der Waals surface area contributed by atoms with E-state index < -0.39 is 17.9 Å². The predicted octanol–water partition coefficient (Wildman–Crippen LogP) is 1.72. The Labute approximate surface area is 129 Å². The highest BCUT2D eigenvalue weighted by Crippen LogP contribution is 2.07. The van der Waals surface area contributed by atoms with Crippen molar-refractivity contribution in [1.29, 1.82) is 0 Å². The molecular formula is C16H22N2O4. The van der Waals surface area contributed by atoms with E-state index in [2.05, 4.69) is 10.3 Å². The molecule has 0 aliphatic carbocycles. The van der Waals surface area contributed by atoms with Crippen molar-refractivity contribution in [3.63, 3.8) is 0 Å². The van der Waals surface area contributed by atoms with E-state index in [0.29, 0.717) is 18.0 Å². The molecule has 1 amide bonds. The van der Waals surface area contributed by atoms with Crippen LogP contribution in [0.25, 0.3) is 0 Å². The van der Waals surface area contributed by atoms with Crippen LogP contribution >= 0.6 is 0 Å². The maximum atomic E-state index is 12.2. The second-order valence-electron chi connectivity index (χ2n) is 5.53. The molecule has 1 aromatic rings. The first-order valence-electron chi connectivity index (χ1n) is 7.21. The first kappa shape index (κ1) is 17.7. The van der Waals surface area contributed by atoms with Crippen LogP contribution in [0.5, 0.6) is 0 Å². The number of pyridine rings is 1. The molecule has 1 aromatic heterocycles. The smallest absolute Gasteiger partial charge is 0.326 e. The molecule has 0 aliphatic heterocycles. The fraction of sp³-hybridized carbons (Fsp3) is 0.438. The van der Waals surface area contributed by atoms with Gasteiger partial charge in [-0.15, -0.1) is 0 Å². The summed E-state index contributed by atoms with van der Waals surface area (Å²) in [6.45, 7) is 5.78. The van der Waals surface area contributed by atoms with E-state index in [4.69, 9.17) is 5.11 Å². The minimum absolute atomic E-state index is 0.172. The molecule has 1 unspecified atom stereocenters. The number of carbonyl (C=O) groups excluding carboxylic acids is 1. The van der Waals surface area contributed by atoms with Crippen molar-refractivity contribution < 1.29 is 14.7 Å². The number of carboxylic acids is 1. The molecule has 0 spiro atoms. The second kappa shape index (κ2) is 8.17. The van der Waals surface area contributed by atoms with Crippen molar-refractivity contribution in [3.8, 4) is 0 Å². The topological polar surface area (TPSA) is 99.3 Å². The summed E-state index contributed by atoms with van der Waals surface area (Å²) in [6.07, 6.45) is 4.22. The van der Waals surface area contributed by atoms with Crippen LogP contribution in [0, 0.1) is 5.92 Å². The maximum Gasteiger partial charge on any atom is 0.326 e. The van der Waals surface area contributed by atoms with Crippen LogP contribution in [-0.2, 0) is 11.2 Å². The molecule has 3 N–H and O–H groups in total. The van der Waals surface area contributed by atoms with Gasteiger partial charge in [-0.1, -0.05) is 26.0 Å². The van der Waals surface area contributed by atoms with Gasteiger partial charge in [0.15, 0.2) is 0 Å². The van der Waals surface area contributed by atoms with Gasteiger partial charge in [0.1, 0.15) is 6.04 Å². The van der Waals surface area contributed by atoms with E-state index in [-0.39, 0.29) is 17.5 Å². The molecule has 0 fully saturated rings. The van der Waals surface area contributed by atoms with Gasteiger partial charge >= 0.3 is 5.97 Å². The van der Waals surface area contributed by atoms with E-state index in [1.807, 2.05) is 13.8 Å². The van der Waals surface area contributed by atoms with Gasteiger partial charge in [0.2, 0.25) is 5.56 Å². The predicted molar refractivity (Wildman–Crippen MR) is 83.9 cm³/mol. The van der Waals surface area contributed by atoms with Gasteiger partial charge in [-0.3, -0.25) is 9.59 Å². The number of amides is 1. The van der Waals surface area contributed by atoms with Gasteiger partial charge in [0.25, 0.3) is 5.91 Å². The van der Waals surface area contributed by atoms with Gasteiger partial charge in [-0.25, -0.2) is 4.79 Å². The van der Waals surface area contributed by atoms with E-state index in [0.717, 1.165) is 0 Å². The van der Waals surface area contributed by atoms with E-state index in [1.165, 1.54) is 6.07 Å². The minimum Gasteiger partial charge on any atom is -0.480 e. The van der Waals surface area contributed by atoms with Crippen LogP contribution in [0.1, 0.15) is 43.2 Å². The number of carboxylic acid groups (broad SMARTS) is 1. The summed E-state index contributed by atoms with van der Waals surface area (Å²) >= 11 is 0. The van der Waals surface area contributed by atoms with Gasteiger partial charge in [-0.05, 0) is 31.7 Å². The summed E-state index contributed by atoms with van der Waals surface area (Å²) in [5.74, 6) is -1.35. The molecule has 6 heteroatoms. The van der Waals surface area contributed by atoms with Crippen molar-refractivity contribution in [3.05, 3.63) is 45.9 Å². The van der Waals surface area contributed by atoms with Gasteiger partial charge in [-0.2, -0.15) is 0 Å². The molecule has 0 saturated heterocycles. The quantitative estimate of drug-likeness (QED) is 0.668. The van der Waals surface area contributed by atoms with Gasteiger partial charge < -0.3 is 15.4 Å². The highest BCUT2D eigenvalue weighted by atomic mass is 16.4. The largest absolute Gasteiger partial charge is 0.480 e. The first-order valence-corrected chi connectivity index (χ1v) is 7.21. The Morgan fingerprint density at radius 2 is 2.05 bits per heavy atom. The Bertz CT molecular complexity index is 617. The van der Waals surface area contributed by atoms with Crippen molar-refractivity contribution in [1.82, 2.24) is 10.3 Å². The van der Waals surface area contributed by atoms with Crippen LogP contribution < -0.4 is 10.9 Å². The molecule has 6 nitrogen and oxygen atoms in total. The Balaban J connectivity index is 2.94. The number of allylic oxidation sites excluding steroid dienone is 1. The van der Waals surface area contributed by atoms with Crippen molar-refractivity contribution in [2.24, 2.45) is 5.92 Å². The van der Waals surface area contributed by atoms with E-state index in [1.54, 1.807) is 25.1 Å². The Morgan fingerprint density at radius 1 is 1.36 bits per heavy atom. The number of aliphatic carboxylic acids is 1. The van der Waals surface area contributed by atoms with E-state index >= 15 is 0 Å². The number of nitrogens with one attached hydrogen (secondary N) is 2. The number of carbonyl (C=O) groups is 2. The summed E-state index contributed by atoms with van der Waals surface area (Å²) in [4.78, 5) is 37.6. The minimum atomic E-state index is -1.11. The van der Waals surface area contributed by atoms with Crippen LogP contribution in [0.4, 0.5) is 0 Å². The second-order valence-corrected chi connectivity index (χ2v) is 5.53. The SMILES string of the molecule is C/C=C/CC(NC(=O)c1cc(CC(C)C)[nH]c(=O)c1)C(=O)O. The van der Waals surface area contributed by atoms with Crippen molar-refractivity contribution >= 4 is 11.9 Å². The zero-order valence-electron chi connectivity index (χ0n) is 13.1. The molecule has 0 aromatic carbocycles. The number of aromatic amines is 1. The number of rotatable bonds is 7. The van der Waals surface area contributed by atoms with Crippen LogP contribution in [-0.4, -0.2) is 28.0 Å².